The average Bonchev–Trinajstić information content (AvgIpc) is 2.40. The number of carbonyl (C=O) groups is 1. The molecular weight excluding hydrogens is 334 g/mol. The molecule has 8 heteroatoms. The molecule has 0 aliphatic rings. The zero-order valence-electron chi connectivity index (χ0n) is 14.9. The van der Waals surface area contributed by atoms with Crippen LogP contribution in [0.15, 0.2) is 36.5 Å². The predicted molar refractivity (Wildman–Crippen MR) is 92.7 cm³/mol. The summed E-state index contributed by atoms with van der Waals surface area (Å²) in [7, 11) is -3.65. The third-order valence-corrected chi connectivity index (χ3v) is 3.04. The van der Waals surface area contributed by atoms with E-state index in [-0.39, 0.29) is 13.0 Å². The Morgan fingerprint density at radius 1 is 1.33 bits per heavy atom. The maximum absolute atomic E-state index is 11.4. The first-order valence-electron chi connectivity index (χ1n) is 7.43. The summed E-state index contributed by atoms with van der Waals surface area (Å²) in [5, 5.41) is 0. The van der Waals surface area contributed by atoms with Crippen LogP contribution in [0.5, 0.6) is 0 Å². The van der Waals surface area contributed by atoms with Crippen molar-refractivity contribution in [3.8, 4) is 0 Å². The van der Waals surface area contributed by atoms with Crippen LogP contribution < -0.4 is 5.48 Å². The molecule has 1 N–H and O–H groups in total. The summed E-state index contributed by atoms with van der Waals surface area (Å²) in [6.45, 7) is 10.6. The molecule has 0 aromatic rings. The van der Waals surface area contributed by atoms with Gasteiger partial charge in [0, 0.05) is 6.42 Å². The van der Waals surface area contributed by atoms with Gasteiger partial charge in [-0.15, -0.1) is 0 Å². The Morgan fingerprint density at radius 3 is 2.42 bits per heavy atom. The molecule has 0 spiro atoms. The van der Waals surface area contributed by atoms with Gasteiger partial charge in [0.05, 0.1) is 12.9 Å². The minimum atomic E-state index is -3.65. The molecule has 7 nitrogen and oxygen atoms in total. The lowest BCUT2D eigenvalue weighted by molar-refractivity contribution is -0.0125. The van der Waals surface area contributed by atoms with Gasteiger partial charge in [0.1, 0.15) is 11.7 Å². The molecule has 0 radical (unpaired) electrons. The maximum atomic E-state index is 11.4. The first-order chi connectivity index (χ1) is 11.0. The van der Waals surface area contributed by atoms with Crippen molar-refractivity contribution >= 4 is 16.2 Å². The van der Waals surface area contributed by atoms with E-state index in [1.165, 1.54) is 0 Å². The van der Waals surface area contributed by atoms with Crippen molar-refractivity contribution in [2.24, 2.45) is 0 Å². The Hall–Kier alpha value is -1.64. The quantitative estimate of drug-likeness (QED) is 0.294. The summed E-state index contributed by atoms with van der Waals surface area (Å²) in [6.07, 6.45) is 6.41. The molecule has 0 unspecified atom stereocenters. The molecule has 0 rings (SSSR count). The van der Waals surface area contributed by atoms with E-state index in [0.717, 1.165) is 6.26 Å². The van der Waals surface area contributed by atoms with Crippen LogP contribution in [-0.4, -0.2) is 39.1 Å². The Labute approximate surface area is 144 Å². The Kier molecular flexibility index (Phi) is 9.57. The monoisotopic (exact) mass is 361 g/mol. The van der Waals surface area contributed by atoms with Crippen molar-refractivity contribution in [2.45, 2.75) is 45.8 Å². The number of allylic oxidation sites excluding steroid dienone is 3. The number of amides is 1. The van der Waals surface area contributed by atoms with Gasteiger partial charge in [-0.1, -0.05) is 30.9 Å². The Balaban J connectivity index is 4.65. The molecule has 1 amide bonds. The van der Waals surface area contributed by atoms with Gasteiger partial charge < -0.3 is 4.74 Å². The molecule has 0 aliphatic carbocycles. The van der Waals surface area contributed by atoms with E-state index in [4.69, 9.17) is 13.8 Å². The molecule has 0 fully saturated rings. The number of hydroxylamine groups is 1. The molecule has 1 atom stereocenters. The van der Waals surface area contributed by atoms with Gasteiger partial charge >= 0.3 is 6.09 Å². The van der Waals surface area contributed by atoms with Crippen molar-refractivity contribution in [3.05, 3.63) is 36.5 Å². The number of hydrogen-bond acceptors (Lipinski definition) is 6. The molecule has 0 aromatic heterocycles. The van der Waals surface area contributed by atoms with Crippen LogP contribution in [-0.2, 0) is 23.9 Å². The molecule has 0 aromatic carbocycles. The standard InChI is InChI=1S/C16H27NO6S/c1-7-9-10-13(8-2)14(23-24(6,19)20)11-12-21-17-15(18)22-16(3,4)5/h7-10,14H,1,11-12H2,2-6H3,(H,17,18)/b10-9-,13-8+/t14-/m1/s1. The normalized spacial score (nSPS) is 14.5. The largest absolute Gasteiger partial charge is 0.442 e. The zero-order valence-corrected chi connectivity index (χ0v) is 15.7. The molecule has 0 saturated heterocycles. The maximum Gasteiger partial charge on any atom is 0.431 e. The summed E-state index contributed by atoms with van der Waals surface area (Å²) >= 11 is 0. The first kappa shape index (κ1) is 22.4. The number of nitrogens with one attached hydrogen (secondary N) is 1. The fourth-order valence-corrected chi connectivity index (χ4v) is 2.25. The number of rotatable bonds is 9. The lowest BCUT2D eigenvalue weighted by Gasteiger charge is -2.20. The van der Waals surface area contributed by atoms with E-state index in [1.807, 2.05) is 0 Å². The molecule has 0 bridgehead atoms. The molecule has 0 saturated carbocycles. The molecular formula is C16H27NO6S. The van der Waals surface area contributed by atoms with Gasteiger partial charge in [-0.25, -0.2) is 4.79 Å². The van der Waals surface area contributed by atoms with Gasteiger partial charge in [0.25, 0.3) is 10.1 Å². The highest BCUT2D eigenvalue weighted by Crippen LogP contribution is 2.15. The summed E-state index contributed by atoms with van der Waals surface area (Å²) in [4.78, 5) is 16.5. The van der Waals surface area contributed by atoms with Crippen molar-refractivity contribution in [1.29, 1.82) is 0 Å². The lowest BCUT2D eigenvalue weighted by Crippen LogP contribution is -2.33. The minimum Gasteiger partial charge on any atom is -0.442 e. The van der Waals surface area contributed by atoms with Gasteiger partial charge in [0.2, 0.25) is 0 Å². The smallest absolute Gasteiger partial charge is 0.431 e. The second kappa shape index (κ2) is 10.3. The number of carbonyl (C=O) groups excluding carboxylic acids is 1. The van der Waals surface area contributed by atoms with Crippen LogP contribution in [0.2, 0.25) is 0 Å². The van der Waals surface area contributed by atoms with E-state index in [9.17, 15) is 13.2 Å². The third kappa shape index (κ3) is 11.9. The molecule has 0 heterocycles. The third-order valence-electron chi connectivity index (χ3n) is 2.46. The summed E-state index contributed by atoms with van der Waals surface area (Å²) < 4.78 is 32.9. The van der Waals surface area contributed by atoms with E-state index in [2.05, 4.69) is 12.1 Å². The van der Waals surface area contributed by atoms with Gasteiger partial charge in [-0.05, 0) is 33.3 Å². The second-order valence-electron chi connectivity index (χ2n) is 5.91. The first-order valence-corrected chi connectivity index (χ1v) is 9.24. The highest BCUT2D eigenvalue weighted by molar-refractivity contribution is 7.86. The average molecular weight is 361 g/mol. The van der Waals surface area contributed by atoms with E-state index in [0.29, 0.717) is 5.57 Å². The fourth-order valence-electron chi connectivity index (χ4n) is 1.62. The van der Waals surface area contributed by atoms with Crippen LogP contribution >= 0.6 is 0 Å². The highest BCUT2D eigenvalue weighted by atomic mass is 32.2. The van der Waals surface area contributed by atoms with Crippen molar-refractivity contribution in [1.82, 2.24) is 5.48 Å². The van der Waals surface area contributed by atoms with Gasteiger partial charge in [-0.3, -0.25) is 9.02 Å². The van der Waals surface area contributed by atoms with Crippen molar-refractivity contribution < 1.29 is 27.0 Å². The van der Waals surface area contributed by atoms with E-state index in [1.54, 1.807) is 52.0 Å². The van der Waals surface area contributed by atoms with Gasteiger partial charge in [0.15, 0.2) is 0 Å². The lowest BCUT2D eigenvalue weighted by atomic mass is 10.1. The number of ether oxygens (including phenoxy) is 1. The molecule has 0 aliphatic heterocycles. The SMILES string of the molecule is C=C/C=C\C(=C/C)[C@@H](CCONC(=O)OC(C)(C)C)OS(C)(=O)=O. The number of hydrogen-bond donors (Lipinski definition) is 1. The molecule has 24 heavy (non-hydrogen) atoms. The summed E-state index contributed by atoms with van der Waals surface area (Å²) in [5.41, 5.74) is 2.16. The Bertz CT molecular complexity index is 572. The highest BCUT2D eigenvalue weighted by Gasteiger charge is 2.19. The molecule has 138 valence electrons. The van der Waals surface area contributed by atoms with Crippen LogP contribution in [0.4, 0.5) is 4.79 Å². The van der Waals surface area contributed by atoms with Crippen molar-refractivity contribution in [3.63, 3.8) is 0 Å². The zero-order chi connectivity index (χ0) is 18.8. The van der Waals surface area contributed by atoms with Crippen LogP contribution in [0.25, 0.3) is 0 Å². The Morgan fingerprint density at radius 2 is 1.96 bits per heavy atom. The summed E-state index contributed by atoms with van der Waals surface area (Å²) in [6, 6.07) is 0. The van der Waals surface area contributed by atoms with E-state index < -0.39 is 27.9 Å². The minimum absolute atomic E-state index is 0.0404. The topological polar surface area (TPSA) is 90.9 Å². The van der Waals surface area contributed by atoms with Crippen LogP contribution in [0.3, 0.4) is 0 Å². The van der Waals surface area contributed by atoms with E-state index >= 15 is 0 Å². The van der Waals surface area contributed by atoms with Gasteiger partial charge in [-0.2, -0.15) is 13.9 Å². The van der Waals surface area contributed by atoms with Crippen molar-refractivity contribution in [2.75, 3.05) is 12.9 Å². The predicted octanol–water partition coefficient (Wildman–Crippen LogP) is 2.87. The fraction of sp³-hybridized carbons (Fsp3) is 0.562. The van der Waals surface area contributed by atoms with Crippen LogP contribution in [0, 0.1) is 0 Å². The second-order valence-corrected chi connectivity index (χ2v) is 7.51. The summed E-state index contributed by atoms with van der Waals surface area (Å²) in [5.74, 6) is 0. The van der Waals surface area contributed by atoms with Crippen LogP contribution in [0.1, 0.15) is 34.1 Å².